The topological polar surface area (TPSA) is 113 Å². The molecular weight excluding hydrogens is 226 g/mol. The molecule has 7 heteroatoms. The maximum atomic E-state index is 11.6. The summed E-state index contributed by atoms with van der Waals surface area (Å²) in [4.78, 5) is 34.4. The minimum atomic E-state index is -0.893. The van der Waals surface area contributed by atoms with E-state index < -0.39 is 23.3 Å². The number of urea groups is 1. The van der Waals surface area contributed by atoms with Crippen LogP contribution in [0.25, 0.3) is 0 Å². The van der Waals surface area contributed by atoms with Gasteiger partial charge in [0.15, 0.2) is 0 Å². The second kappa shape index (κ2) is 5.03. The molecule has 1 aliphatic rings. The van der Waals surface area contributed by atoms with Gasteiger partial charge in [0.05, 0.1) is 5.41 Å². The fraction of sp³-hybridized carbons (Fsp3) is 0.700. The van der Waals surface area contributed by atoms with Crippen LogP contribution in [0.2, 0.25) is 0 Å². The van der Waals surface area contributed by atoms with Gasteiger partial charge >= 0.3 is 12.0 Å². The largest absolute Gasteiger partial charge is 0.481 e. The Bertz CT molecular complexity index is 338. The van der Waals surface area contributed by atoms with Gasteiger partial charge in [-0.3, -0.25) is 9.59 Å². The van der Waals surface area contributed by atoms with Crippen molar-refractivity contribution in [3.63, 3.8) is 0 Å². The van der Waals surface area contributed by atoms with Crippen molar-refractivity contribution in [3.8, 4) is 0 Å². The summed E-state index contributed by atoms with van der Waals surface area (Å²) in [6.07, 6.45) is 1.15. The fourth-order valence-corrected chi connectivity index (χ4v) is 1.49. The maximum absolute atomic E-state index is 11.6. The minimum absolute atomic E-state index is 0.0937. The highest BCUT2D eigenvalue weighted by Gasteiger charge is 2.50. The number of carbonyl (C=O) groups is 3. The van der Waals surface area contributed by atoms with Crippen molar-refractivity contribution in [2.24, 2.45) is 11.1 Å². The molecule has 0 heterocycles. The van der Waals surface area contributed by atoms with Gasteiger partial charge < -0.3 is 21.1 Å². The normalized spacial score (nSPS) is 16.1. The Kier molecular flexibility index (Phi) is 3.93. The zero-order valence-corrected chi connectivity index (χ0v) is 9.73. The van der Waals surface area contributed by atoms with E-state index in [9.17, 15) is 14.4 Å². The van der Waals surface area contributed by atoms with Crippen LogP contribution in [0.3, 0.4) is 0 Å². The Morgan fingerprint density at radius 2 is 2.00 bits per heavy atom. The van der Waals surface area contributed by atoms with Crippen LogP contribution in [0.1, 0.15) is 19.8 Å². The van der Waals surface area contributed by atoms with Gasteiger partial charge in [0.2, 0.25) is 5.91 Å². The number of carboxylic acids is 1. The highest BCUT2D eigenvalue weighted by molar-refractivity contribution is 5.84. The number of nitrogens with one attached hydrogen (secondary N) is 1. The highest BCUT2D eigenvalue weighted by atomic mass is 16.4. The van der Waals surface area contributed by atoms with Crippen LogP contribution >= 0.6 is 0 Å². The molecule has 96 valence electrons. The third kappa shape index (κ3) is 3.33. The number of nitrogens with zero attached hydrogens (tertiary/aromatic N) is 1. The van der Waals surface area contributed by atoms with E-state index in [0.29, 0.717) is 19.4 Å². The number of likely N-dealkylation sites (N-methyl/N-ethyl adjacent to an activating group) is 1. The van der Waals surface area contributed by atoms with Gasteiger partial charge in [-0.05, 0) is 19.8 Å². The van der Waals surface area contributed by atoms with Crippen LogP contribution in [0.4, 0.5) is 4.79 Å². The molecule has 1 saturated carbocycles. The highest BCUT2D eigenvalue weighted by Crippen LogP contribution is 2.45. The summed E-state index contributed by atoms with van der Waals surface area (Å²) < 4.78 is 0. The molecule has 1 fully saturated rings. The third-order valence-electron chi connectivity index (χ3n) is 2.90. The van der Waals surface area contributed by atoms with Crippen LogP contribution in [-0.2, 0) is 9.59 Å². The SMILES string of the molecule is CCN(CC(N)=O)C(=O)NCC1(C(=O)O)CC1. The van der Waals surface area contributed by atoms with Gasteiger partial charge in [-0.1, -0.05) is 0 Å². The van der Waals surface area contributed by atoms with Crippen molar-refractivity contribution in [2.75, 3.05) is 19.6 Å². The molecule has 7 nitrogen and oxygen atoms in total. The summed E-state index contributed by atoms with van der Waals surface area (Å²) in [5.41, 5.74) is 4.19. The fourth-order valence-electron chi connectivity index (χ4n) is 1.49. The molecule has 3 amide bonds. The number of primary amides is 1. The quantitative estimate of drug-likeness (QED) is 0.576. The first kappa shape index (κ1) is 13.3. The Labute approximate surface area is 98.9 Å². The molecular formula is C10H17N3O4. The standard InChI is InChI=1S/C10H17N3O4/c1-2-13(5-7(11)14)9(17)12-6-10(3-4-10)8(15)16/h2-6H2,1H3,(H2,11,14)(H,12,17)(H,15,16). The Morgan fingerprint density at radius 1 is 1.41 bits per heavy atom. The van der Waals surface area contributed by atoms with Crippen molar-refractivity contribution in [1.29, 1.82) is 0 Å². The smallest absolute Gasteiger partial charge is 0.317 e. The first-order valence-electron chi connectivity index (χ1n) is 5.46. The first-order chi connectivity index (χ1) is 7.91. The zero-order chi connectivity index (χ0) is 13.1. The Hall–Kier alpha value is -1.79. The molecule has 1 rings (SSSR count). The average Bonchev–Trinajstić information content (AvgIpc) is 3.03. The van der Waals surface area contributed by atoms with Gasteiger partial charge in [0.1, 0.15) is 6.54 Å². The lowest BCUT2D eigenvalue weighted by atomic mass is 10.1. The molecule has 0 spiro atoms. The van der Waals surface area contributed by atoms with E-state index in [0.717, 1.165) is 0 Å². The van der Waals surface area contributed by atoms with E-state index >= 15 is 0 Å². The van der Waals surface area contributed by atoms with Gasteiger partial charge in [-0.25, -0.2) is 4.79 Å². The molecule has 0 aromatic heterocycles. The number of hydrogen-bond acceptors (Lipinski definition) is 3. The van der Waals surface area contributed by atoms with Gasteiger partial charge in [0.25, 0.3) is 0 Å². The molecule has 17 heavy (non-hydrogen) atoms. The number of aliphatic carboxylic acids is 1. The molecule has 1 aliphatic carbocycles. The second-order valence-corrected chi connectivity index (χ2v) is 4.22. The van der Waals surface area contributed by atoms with E-state index in [1.165, 1.54) is 4.90 Å². The molecule has 0 aromatic carbocycles. The Balaban J connectivity index is 2.43. The monoisotopic (exact) mass is 243 g/mol. The summed E-state index contributed by atoms with van der Waals surface area (Å²) in [5.74, 6) is -1.49. The number of carbonyl (C=O) groups excluding carboxylic acids is 2. The molecule has 0 atom stereocenters. The van der Waals surface area contributed by atoms with Crippen LogP contribution in [0.15, 0.2) is 0 Å². The van der Waals surface area contributed by atoms with E-state index in [2.05, 4.69) is 5.32 Å². The summed E-state index contributed by atoms with van der Waals surface area (Å²) in [7, 11) is 0. The molecule has 0 bridgehead atoms. The van der Waals surface area contributed by atoms with Crippen molar-refractivity contribution in [2.45, 2.75) is 19.8 Å². The van der Waals surface area contributed by atoms with Crippen LogP contribution in [0.5, 0.6) is 0 Å². The van der Waals surface area contributed by atoms with E-state index in [4.69, 9.17) is 10.8 Å². The number of nitrogens with two attached hydrogens (primary N) is 1. The van der Waals surface area contributed by atoms with Crippen molar-refractivity contribution >= 4 is 17.9 Å². The summed E-state index contributed by atoms with van der Waals surface area (Å²) in [6, 6.07) is -0.459. The number of rotatable bonds is 6. The van der Waals surface area contributed by atoms with Gasteiger partial charge in [0, 0.05) is 13.1 Å². The van der Waals surface area contributed by atoms with Crippen LogP contribution in [0, 0.1) is 5.41 Å². The molecule has 4 N–H and O–H groups in total. The van der Waals surface area contributed by atoms with Gasteiger partial charge in [-0.15, -0.1) is 0 Å². The molecule has 0 aromatic rings. The molecule has 0 saturated heterocycles. The van der Waals surface area contributed by atoms with Crippen molar-refractivity contribution < 1.29 is 19.5 Å². The predicted molar refractivity (Wildman–Crippen MR) is 59.1 cm³/mol. The first-order valence-corrected chi connectivity index (χ1v) is 5.46. The molecule has 0 aliphatic heterocycles. The van der Waals surface area contributed by atoms with Gasteiger partial charge in [-0.2, -0.15) is 0 Å². The lowest BCUT2D eigenvalue weighted by Crippen LogP contribution is -2.46. The number of hydrogen-bond donors (Lipinski definition) is 3. The zero-order valence-electron chi connectivity index (χ0n) is 9.73. The molecule has 0 radical (unpaired) electrons. The lowest BCUT2D eigenvalue weighted by molar-refractivity contribution is -0.143. The minimum Gasteiger partial charge on any atom is -0.481 e. The van der Waals surface area contributed by atoms with Crippen LogP contribution < -0.4 is 11.1 Å². The number of amides is 3. The molecule has 0 unspecified atom stereocenters. The van der Waals surface area contributed by atoms with E-state index in [1.54, 1.807) is 6.92 Å². The van der Waals surface area contributed by atoms with Crippen molar-refractivity contribution in [1.82, 2.24) is 10.2 Å². The Morgan fingerprint density at radius 3 is 2.35 bits per heavy atom. The lowest BCUT2D eigenvalue weighted by Gasteiger charge is -2.21. The summed E-state index contributed by atoms with van der Waals surface area (Å²) in [5, 5.41) is 11.4. The van der Waals surface area contributed by atoms with E-state index in [1.807, 2.05) is 0 Å². The summed E-state index contributed by atoms with van der Waals surface area (Å²) >= 11 is 0. The van der Waals surface area contributed by atoms with Crippen LogP contribution in [-0.4, -0.2) is 47.5 Å². The predicted octanol–water partition coefficient (Wildman–Crippen LogP) is -0.632. The second-order valence-electron chi connectivity index (χ2n) is 4.22. The van der Waals surface area contributed by atoms with Crippen molar-refractivity contribution in [3.05, 3.63) is 0 Å². The maximum Gasteiger partial charge on any atom is 0.317 e. The third-order valence-corrected chi connectivity index (χ3v) is 2.90. The average molecular weight is 243 g/mol. The number of carboxylic acid groups (broad SMARTS) is 1. The van der Waals surface area contributed by atoms with E-state index in [-0.39, 0.29) is 13.1 Å². The summed E-state index contributed by atoms with van der Waals surface area (Å²) in [6.45, 7) is 1.99.